The Morgan fingerprint density at radius 3 is 2.60 bits per heavy atom. The van der Waals surface area contributed by atoms with Gasteiger partial charge in [0, 0.05) is 0 Å². The number of carboxylic acids is 1. The van der Waals surface area contributed by atoms with E-state index in [2.05, 4.69) is 0 Å². The fraction of sp³-hybridized carbons (Fsp3) is 0.188. The second kappa shape index (κ2) is 6.77. The first-order valence-corrected chi connectivity index (χ1v) is 8.47. The molecule has 2 aliphatic heterocycles. The van der Waals surface area contributed by atoms with Gasteiger partial charge in [0.1, 0.15) is 10.4 Å². The lowest BCUT2D eigenvalue weighted by Gasteiger charge is -2.21. The Morgan fingerprint density at radius 1 is 1.28 bits per heavy atom. The average molecular weight is 375 g/mol. The zero-order valence-corrected chi connectivity index (χ0v) is 14.3. The van der Waals surface area contributed by atoms with Crippen LogP contribution in [0.15, 0.2) is 35.2 Å². The summed E-state index contributed by atoms with van der Waals surface area (Å²) in [6, 6.07) is 8.02. The van der Waals surface area contributed by atoms with Crippen LogP contribution < -0.4 is 5.11 Å². The van der Waals surface area contributed by atoms with Gasteiger partial charge in [-0.2, -0.15) is 0 Å². The summed E-state index contributed by atoms with van der Waals surface area (Å²) in [5.74, 6) is -3.44. The normalized spacial score (nSPS) is 22.4. The number of imide groups is 1. The third kappa shape index (κ3) is 3.33. The minimum Gasteiger partial charge on any atom is -0.548 e. The molecule has 1 atom stereocenters. The number of hydrogen-bond donors (Lipinski definition) is 0. The fourth-order valence-electron chi connectivity index (χ4n) is 2.61. The second-order valence-electron chi connectivity index (χ2n) is 5.37. The molecule has 2 saturated heterocycles. The van der Waals surface area contributed by atoms with Crippen molar-refractivity contribution < 1.29 is 24.3 Å². The number of benzene rings is 1. The molecule has 25 heavy (non-hydrogen) atoms. The number of rotatable bonds is 4. The minimum absolute atomic E-state index is 0.161. The first-order valence-electron chi connectivity index (χ1n) is 7.24. The number of amides is 3. The quantitative estimate of drug-likeness (QED) is 0.407. The molecule has 3 rings (SSSR count). The molecular weight excluding hydrogens is 364 g/mol. The molecule has 0 spiro atoms. The van der Waals surface area contributed by atoms with Crippen molar-refractivity contribution in [1.29, 1.82) is 0 Å². The Balaban J connectivity index is 1.84. The lowest BCUT2D eigenvalue weighted by molar-refractivity contribution is -0.305. The van der Waals surface area contributed by atoms with Gasteiger partial charge in [0.2, 0.25) is 5.91 Å². The van der Waals surface area contributed by atoms with Crippen molar-refractivity contribution in [3.05, 3.63) is 40.8 Å². The number of thiocarbonyl (C=S) groups is 1. The Hall–Kier alpha value is -2.52. The highest BCUT2D eigenvalue weighted by Crippen LogP contribution is 2.36. The first-order chi connectivity index (χ1) is 11.9. The smallest absolute Gasteiger partial charge is 0.266 e. The third-order valence-electron chi connectivity index (χ3n) is 3.74. The summed E-state index contributed by atoms with van der Waals surface area (Å²) in [4.78, 5) is 49.5. The third-order valence-corrected chi connectivity index (χ3v) is 5.07. The highest BCUT2D eigenvalue weighted by atomic mass is 32.2. The highest BCUT2D eigenvalue weighted by Gasteiger charge is 2.48. The van der Waals surface area contributed by atoms with Crippen molar-refractivity contribution in [2.24, 2.45) is 0 Å². The van der Waals surface area contributed by atoms with E-state index in [9.17, 15) is 24.3 Å². The summed E-state index contributed by atoms with van der Waals surface area (Å²) in [5, 5.41) is 10.7. The molecule has 0 radical (unpaired) electrons. The summed E-state index contributed by atoms with van der Waals surface area (Å²) < 4.78 is 0.161. The lowest BCUT2D eigenvalue weighted by Crippen LogP contribution is -2.46. The number of carbonyl (C=O) groups is 4. The maximum atomic E-state index is 12.6. The van der Waals surface area contributed by atoms with Crippen molar-refractivity contribution >= 4 is 58.1 Å². The average Bonchev–Trinajstić information content (AvgIpc) is 2.98. The summed E-state index contributed by atoms with van der Waals surface area (Å²) >= 11 is 6.22. The summed E-state index contributed by atoms with van der Waals surface area (Å²) in [6.07, 6.45) is 1.36. The molecular formula is C16H11N2O5S2-. The SMILES string of the molecule is O=C([O-])CN1C(=O)C[C@@H](N2C(=O)/C(=C/c3ccccc3)SC2=S)C1=O. The van der Waals surface area contributed by atoms with Gasteiger partial charge in [-0.05, 0) is 11.6 Å². The van der Waals surface area contributed by atoms with E-state index in [1.54, 1.807) is 6.08 Å². The fourth-order valence-corrected chi connectivity index (χ4v) is 3.97. The molecule has 0 aromatic heterocycles. The Labute approximate surface area is 152 Å². The van der Waals surface area contributed by atoms with Crippen LogP contribution in [0.1, 0.15) is 12.0 Å². The molecule has 3 amide bonds. The molecule has 2 fully saturated rings. The topological polar surface area (TPSA) is 97.8 Å². The number of aliphatic carboxylic acids is 1. The number of nitrogens with zero attached hydrogens (tertiary/aromatic N) is 2. The molecule has 0 N–H and O–H groups in total. The maximum Gasteiger partial charge on any atom is 0.266 e. The maximum absolute atomic E-state index is 12.6. The van der Waals surface area contributed by atoms with Crippen LogP contribution in [-0.2, 0) is 19.2 Å². The van der Waals surface area contributed by atoms with Gasteiger partial charge in [0.05, 0.1) is 23.8 Å². The molecule has 9 heteroatoms. The predicted molar refractivity (Wildman–Crippen MR) is 91.6 cm³/mol. The van der Waals surface area contributed by atoms with Crippen molar-refractivity contribution in [2.75, 3.05) is 6.54 Å². The summed E-state index contributed by atoms with van der Waals surface area (Å²) in [6.45, 7) is -0.831. The molecule has 7 nitrogen and oxygen atoms in total. The molecule has 1 aromatic carbocycles. The van der Waals surface area contributed by atoms with Gasteiger partial charge in [-0.25, -0.2) is 0 Å². The predicted octanol–water partition coefficient (Wildman–Crippen LogP) is -0.235. The van der Waals surface area contributed by atoms with E-state index < -0.39 is 36.3 Å². The van der Waals surface area contributed by atoms with Gasteiger partial charge in [0.15, 0.2) is 0 Å². The van der Waals surface area contributed by atoms with Crippen LogP contribution in [0.2, 0.25) is 0 Å². The molecule has 0 unspecified atom stereocenters. The van der Waals surface area contributed by atoms with E-state index in [-0.39, 0.29) is 10.7 Å². The number of likely N-dealkylation sites (tertiary alicyclic amines) is 1. The first kappa shape index (κ1) is 17.3. The van der Waals surface area contributed by atoms with E-state index in [0.29, 0.717) is 9.81 Å². The van der Waals surface area contributed by atoms with Crippen LogP contribution in [0.5, 0.6) is 0 Å². The van der Waals surface area contributed by atoms with Crippen molar-refractivity contribution in [1.82, 2.24) is 9.80 Å². The van der Waals surface area contributed by atoms with Crippen molar-refractivity contribution in [3.63, 3.8) is 0 Å². The Bertz CT molecular complexity index is 821. The van der Waals surface area contributed by atoms with Crippen LogP contribution in [0, 0.1) is 0 Å². The van der Waals surface area contributed by atoms with Crippen LogP contribution in [0.3, 0.4) is 0 Å². The molecule has 0 saturated carbocycles. The molecule has 0 bridgehead atoms. The lowest BCUT2D eigenvalue weighted by atomic mass is 10.2. The largest absolute Gasteiger partial charge is 0.548 e. The van der Waals surface area contributed by atoms with Gasteiger partial charge >= 0.3 is 0 Å². The Kier molecular flexibility index (Phi) is 4.69. The van der Waals surface area contributed by atoms with Gasteiger partial charge in [-0.1, -0.05) is 54.3 Å². The minimum atomic E-state index is -1.54. The van der Waals surface area contributed by atoms with Crippen LogP contribution in [-0.4, -0.2) is 50.4 Å². The Morgan fingerprint density at radius 2 is 1.96 bits per heavy atom. The van der Waals surface area contributed by atoms with Crippen molar-refractivity contribution in [3.8, 4) is 0 Å². The molecule has 0 aliphatic carbocycles. The second-order valence-corrected chi connectivity index (χ2v) is 7.05. The van der Waals surface area contributed by atoms with E-state index in [1.807, 2.05) is 30.3 Å². The van der Waals surface area contributed by atoms with E-state index in [4.69, 9.17) is 12.2 Å². The zero-order chi connectivity index (χ0) is 18.1. The monoisotopic (exact) mass is 375 g/mol. The van der Waals surface area contributed by atoms with Gasteiger partial charge in [-0.15, -0.1) is 0 Å². The molecule has 1 aromatic rings. The van der Waals surface area contributed by atoms with E-state index in [1.165, 1.54) is 0 Å². The standard InChI is InChI=1S/C16H12N2O5S2/c19-12-7-10(14(22)17(12)8-13(20)21)18-15(23)11(25-16(18)24)6-9-4-2-1-3-5-9/h1-6,10H,7-8H2,(H,20,21)/p-1/b11-6-/t10-/m1/s1. The van der Waals surface area contributed by atoms with Crippen LogP contribution >= 0.6 is 24.0 Å². The van der Waals surface area contributed by atoms with Crippen LogP contribution in [0.25, 0.3) is 6.08 Å². The van der Waals surface area contributed by atoms with Gasteiger partial charge in [0.25, 0.3) is 11.8 Å². The highest BCUT2D eigenvalue weighted by molar-refractivity contribution is 8.26. The molecule has 2 heterocycles. The number of carboxylic acid groups (broad SMARTS) is 1. The number of hydrogen-bond acceptors (Lipinski definition) is 7. The number of carbonyl (C=O) groups excluding carboxylic acids is 4. The van der Waals surface area contributed by atoms with E-state index >= 15 is 0 Å². The van der Waals surface area contributed by atoms with Crippen LogP contribution in [0.4, 0.5) is 0 Å². The molecule has 2 aliphatic rings. The van der Waals surface area contributed by atoms with Gasteiger partial charge < -0.3 is 9.90 Å². The van der Waals surface area contributed by atoms with E-state index in [0.717, 1.165) is 22.2 Å². The number of thioether (sulfide) groups is 1. The zero-order valence-electron chi connectivity index (χ0n) is 12.7. The summed E-state index contributed by atoms with van der Waals surface area (Å²) in [7, 11) is 0. The molecule has 128 valence electrons. The summed E-state index contributed by atoms with van der Waals surface area (Å²) in [5.41, 5.74) is 0.801. The van der Waals surface area contributed by atoms with Crippen molar-refractivity contribution in [2.45, 2.75) is 12.5 Å². The van der Waals surface area contributed by atoms with Gasteiger partial charge in [-0.3, -0.25) is 24.2 Å².